The Morgan fingerprint density at radius 1 is 1.00 bits per heavy atom. The Labute approximate surface area is 177 Å². The van der Waals surface area contributed by atoms with Crippen LogP contribution in [0, 0.1) is 0 Å². The second kappa shape index (κ2) is 10.8. The number of aromatic nitrogens is 1. The highest BCUT2D eigenvalue weighted by Crippen LogP contribution is 2.34. The minimum Gasteiger partial charge on any atom is -0.493 e. The molecular weight excluding hydrogens is 388 g/mol. The molecule has 1 aromatic heterocycles. The zero-order valence-corrected chi connectivity index (χ0v) is 17.8. The Hall–Kier alpha value is -2.66. The first-order valence-electron chi connectivity index (χ1n) is 9.81. The predicted molar refractivity (Wildman–Crippen MR) is 122 cm³/mol. The lowest BCUT2D eigenvalue weighted by atomic mass is 10.1. The number of unbranched alkanes of at least 4 members (excludes halogenated alkanes) is 2. The molecule has 3 rings (SSSR count). The van der Waals surface area contributed by atoms with Crippen molar-refractivity contribution in [2.24, 2.45) is 0 Å². The van der Waals surface area contributed by atoms with E-state index < -0.39 is 0 Å². The molecule has 0 fully saturated rings. The molecule has 0 saturated heterocycles. The van der Waals surface area contributed by atoms with Crippen molar-refractivity contribution < 1.29 is 9.47 Å². The number of nitrogens with zero attached hydrogens (tertiary/aromatic N) is 1. The van der Waals surface area contributed by atoms with E-state index in [-0.39, 0.29) is 18.0 Å². The summed E-state index contributed by atoms with van der Waals surface area (Å²) < 4.78 is 13.2. The van der Waals surface area contributed by atoms with E-state index in [2.05, 4.69) is 6.92 Å². The maximum Gasteiger partial charge on any atom is 0.258 e. The van der Waals surface area contributed by atoms with Gasteiger partial charge in [-0.25, -0.2) is 0 Å². The fraction of sp³-hybridized carbons (Fsp3) is 0.348. The second-order valence-electron chi connectivity index (χ2n) is 6.92. The topological polar surface area (TPSA) is 66.5 Å². The van der Waals surface area contributed by atoms with Gasteiger partial charge in [0.1, 0.15) is 0 Å². The number of hydrogen-bond donors (Lipinski definition) is 1. The fourth-order valence-electron chi connectivity index (χ4n) is 3.26. The van der Waals surface area contributed by atoms with E-state index in [1.54, 1.807) is 11.7 Å². The summed E-state index contributed by atoms with van der Waals surface area (Å²) >= 11 is 0. The molecule has 0 unspecified atom stereocenters. The molecule has 0 radical (unpaired) electrons. The van der Waals surface area contributed by atoms with Crippen LogP contribution in [0.2, 0.25) is 0 Å². The standard InChI is InChI=1S/C23H28N2O3.ClH/c1-3-4-5-16-28-22-19-13-15-25(14-12-17-6-8-18(24)9-7-17)23(26)20(19)10-11-21(22)27-2;/h6-11,13,15H,3-5,12,14,16,24H2,1-2H3;1H. The SMILES string of the molecule is CCCCCOc1c(OC)ccc2c(=O)n(CCc3ccc(N)cc3)ccc12.Cl. The van der Waals surface area contributed by atoms with E-state index in [0.717, 1.165) is 42.3 Å². The summed E-state index contributed by atoms with van der Waals surface area (Å²) in [5, 5.41) is 1.44. The van der Waals surface area contributed by atoms with E-state index >= 15 is 0 Å². The maximum absolute atomic E-state index is 13.0. The van der Waals surface area contributed by atoms with Crippen molar-refractivity contribution in [2.75, 3.05) is 19.5 Å². The third-order valence-electron chi connectivity index (χ3n) is 4.91. The smallest absolute Gasteiger partial charge is 0.258 e. The third kappa shape index (κ3) is 5.45. The van der Waals surface area contributed by atoms with Crippen molar-refractivity contribution in [1.29, 1.82) is 0 Å². The summed E-state index contributed by atoms with van der Waals surface area (Å²) in [7, 11) is 1.62. The number of nitrogens with two attached hydrogens (primary N) is 1. The number of hydrogen-bond acceptors (Lipinski definition) is 4. The van der Waals surface area contributed by atoms with Crippen molar-refractivity contribution in [3.63, 3.8) is 0 Å². The van der Waals surface area contributed by atoms with E-state index in [0.29, 0.717) is 30.0 Å². The van der Waals surface area contributed by atoms with Gasteiger partial charge in [0.25, 0.3) is 5.56 Å². The Balaban J connectivity index is 0.00000300. The Kier molecular flexibility index (Phi) is 8.40. The van der Waals surface area contributed by atoms with E-state index in [1.807, 2.05) is 48.7 Å². The first-order valence-corrected chi connectivity index (χ1v) is 9.81. The Morgan fingerprint density at radius 2 is 1.76 bits per heavy atom. The zero-order valence-electron chi connectivity index (χ0n) is 17.0. The minimum atomic E-state index is -0.0194. The average Bonchev–Trinajstić information content (AvgIpc) is 2.72. The molecule has 3 aromatic rings. The molecule has 0 saturated carbocycles. The summed E-state index contributed by atoms with van der Waals surface area (Å²) in [5.41, 5.74) is 7.60. The summed E-state index contributed by atoms with van der Waals surface area (Å²) in [6.45, 7) is 3.38. The average molecular weight is 417 g/mol. The summed E-state index contributed by atoms with van der Waals surface area (Å²) in [4.78, 5) is 13.0. The van der Waals surface area contributed by atoms with Crippen molar-refractivity contribution in [3.05, 3.63) is 64.6 Å². The predicted octanol–water partition coefficient (Wildman–Crippen LogP) is 4.83. The van der Waals surface area contributed by atoms with E-state index in [1.165, 1.54) is 0 Å². The van der Waals surface area contributed by atoms with Gasteiger partial charge >= 0.3 is 0 Å². The van der Waals surface area contributed by atoms with Crippen LogP contribution in [-0.4, -0.2) is 18.3 Å². The first kappa shape index (κ1) is 22.6. The third-order valence-corrected chi connectivity index (χ3v) is 4.91. The lowest BCUT2D eigenvalue weighted by molar-refractivity contribution is 0.289. The van der Waals surface area contributed by atoms with Gasteiger partial charge in [-0.15, -0.1) is 12.4 Å². The largest absolute Gasteiger partial charge is 0.493 e. The van der Waals surface area contributed by atoms with Gasteiger partial charge in [-0.1, -0.05) is 31.9 Å². The molecule has 0 bridgehead atoms. The zero-order chi connectivity index (χ0) is 19.9. The van der Waals surface area contributed by atoms with Crippen LogP contribution in [0.3, 0.4) is 0 Å². The van der Waals surface area contributed by atoms with Gasteiger partial charge in [-0.05, 0) is 48.7 Å². The molecule has 2 N–H and O–H groups in total. The molecule has 0 aliphatic rings. The van der Waals surface area contributed by atoms with Gasteiger partial charge in [-0.3, -0.25) is 4.79 Å². The number of pyridine rings is 1. The molecule has 0 atom stereocenters. The van der Waals surface area contributed by atoms with Crippen LogP contribution in [0.25, 0.3) is 10.8 Å². The normalized spacial score (nSPS) is 10.6. The lowest BCUT2D eigenvalue weighted by Gasteiger charge is -2.14. The number of benzene rings is 2. The van der Waals surface area contributed by atoms with Crippen LogP contribution >= 0.6 is 12.4 Å². The van der Waals surface area contributed by atoms with Gasteiger partial charge in [0.05, 0.1) is 19.1 Å². The molecular formula is C23H29ClN2O3. The van der Waals surface area contributed by atoms with Gasteiger partial charge in [-0.2, -0.15) is 0 Å². The molecule has 0 amide bonds. The molecule has 156 valence electrons. The van der Waals surface area contributed by atoms with Crippen LogP contribution in [0.1, 0.15) is 31.7 Å². The molecule has 0 spiro atoms. The number of aryl methyl sites for hydroxylation is 2. The van der Waals surface area contributed by atoms with Gasteiger partial charge in [0.2, 0.25) is 0 Å². The number of ether oxygens (including phenoxy) is 2. The molecule has 2 aromatic carbocycles. The number of nitrogen functional groups attached to an aromatic ring is 1. The van der Waals surface area contributed by atoms with Gasteiger partial charge < -0.3 is 19.8 Å². The van der Waals surface area contributed by atoms with Crippen LogP contribution in [-0.2, 0) is 13.0 Å². The Bertz CT molecular complexity index is 984. The number of rotatable bonds is 9. The van der Waals surface area contributed by atoms with Crippen molar-refractivity contribution in [1.82, 2.24) is 4.57 Å². The highest BCUT2D eigenvalue weighted by Gasteiger charge is 2.13. The molecule has 29 heavy (non-hydrogen) atoms. The van der Waals surface area contributed by atoms with Crippen molar-refractivity contribution in [3.8, 4) is 11.5 Å². The van der Waals surface area contributed by atoms with Gasteiger partial charge in [0, 0.05) is 23.8 Å². The second-order valence-corrected chi connectivity index (χ2v) is 6.92. The Morgan fingerprint density at radius 3 is 2.45 bits per heavy atom. The minimum absolute atomic E-state index is 0. The molecule has 0 aliphatic carbocycles. The monoisotopic (exact) mass is 416 g/mol. The highest BCUT2D eigenvalue weighted by atomic mass is 35.5. The number of anilines is 1. The van der Waals surface area contributed by atoms with Crippen LogP contribution < -0.4 is 20.8 Å². The molecule has 1 heterocycles. The van der Waals surface area contributed by atoms with Crippen LogP contribution in [0.5, 0.6) is 11.5 Å². The highest BCUT2D eigenvalue weighted by molar-refractivity contribution is 5.90. The summed E-state index contributed by atoms with van der Waals surface area (Å²) in [5.74, 6) is 1.31. The van der Waals surface area contributed by atoms with E-state index in [4.69, 9.17) is 15.2 Å². The lowest BCUT2D eigenvalue weighted by Crippen LogP contribution is -2.20. The quantitative estimate of drug-likeness (QED) is 0.401. The summed E-state index contributed by atoms with van der Waals surface area (Å²) in [6.07, 6.45) is 5.83. The summed E-state index contributed by atoms with van der Waals surface area (Å²) in [6, 6.07) is 13.3. The van der Waals surface area contributed by atoms with Crippen LogP contribution in [0.4, 0.5) is 5.69 Å². The first-order chi connectivity index (χ1) is 13.6. The maximum atomic E-state index is 13.0. The molecule has 6 heteroatoms. The van der Waals surface area contributed by atoms with Crippen LogP contribution in [0.15, 0.2) is 53.5 Å². The fourth-order valence-corrected chi connectivity index (χ4v) is 3.26. The van der Waals surface area contributed by atoms with Gasteiger partial charge in [0.15, 0.2) is 11.5 Å². The van der Waals surface area contributed by atoms with Crippen molar-refractivity contribution in [2.45, 2.75) is 39.2 Å². The van der Waals surface area contributed by atoms with Crippen molar-refractivity contribution >= 4 is 28.9 Å². The number of fused-ring (bicyclic) bond motifs is 1. The molecule has 5 nitrogen and oxygen atoms in total. The number of halogens is 1. The number of methoxy groups -OCH3 is 1. The molecule has 0 aliphatic heterocycles. The van der Waals surface area contributed by atoms with E-state index in [9.17, 15) is 4.79 Å².